The number of ether oxygens (including phenoxy) is 1. The van der Waals surface area contributed by atoms with Crippen LogP contribution < -0.4 is 16.0 Å². The van der Waals surface area contributed by atoms with Gasteiger partial charge in [-0.25, -0.2) is 4.79 Å². The molecular weight excluding hydrogens is 433 g/mol. The van der Waals surface area contributed by atoms with E-state index in [1.165, 1.54) is 25.8 Å². The van der Waals surface area contributed by atoms with E-state index in [1.807, 2.05) is 20.8 Å². The number of aliphatic imine (C=N–C) groups is 1. The lowest BCUT2D eigenvalue weighted by Crippen LogP contribution is -2.46. The monoisotopic (exact) mass is 469 g/mol. The van der Waals surface area contributed by atoms with Crippen molar-refractivity contribution in [2.45, 2.75) is 58.6 Å². The Labute approximate surface area is 169 Å². The van der Waals surface area contributed by atoms with Gasteiger partial charge in [0.05, 0.1) is 0 Å². The predicted molar refractivity (Wildman–Crippen MR) is 114 cm³/mol. The average Bonchev–Trinajstić information content (AvgIpc) is 2.49. The lowest BCUT2D eigenvalue weighted by atomic mass is 10.0. The summed E-state index contributed by atoms with van der Waals surface area (Å²) in [5.74, 6) is 0.755. The Balaban J connectivity index is 0.00000576. The lowest BCUT2D eigenvalue weighted by molar-refractivity contribution is 0.0529. The number of hydrogen-bond donors (Lipinski definition) is 3. The fourth-order valence-electron chi connectivity index (χ4n) is 2.69. The van der Waals surface area contributed by atoms with Gasteiger partial charge in [-0.15, -0.1) is 24.0 Å². The number of halogens is 1. The highest BCUT2D eigenvalue weighted by Gasteiger charge is 2.17. The molecule has 148 valence electrons. The van der Waals surface area contributed by atoms with Crippen molar-refractivity contribution in [3.05, 3.63) is 0 Å². The average molecular weight is 469 g/mol. The summed E-state index contributed by atoms with van der Waals surface area (Å²) in [4.78, 5) is 18.3. The number of likely N-dealkylation sites (tertiary alicyclic amines) is 1. The third-order valence-corrected chi connectivity index (χ3v) is 3.94. The number of carbonyl (C=O) groups excluding carboxylic acids is 1. The van der Waals surface area contributed by atoms with Crippen LogP contribution in [0.25, 0.3) is 0 Å². The topological polar surface area (TPSA) is 78.0 Å². The quantitative estimate of drug-likeness (QED) is 0.241. The summed E-state index contributed by atoms with van der Waals surface area (Å²) in [5.41, 5.74) is -0.472. The van der Waals surface area contributed by atoms with Crippen molar-refractivity contribution in [2.24, 2.45) is 4.99 Å². The van der Waals surface area contributed by atoms with Gasteiger partial charge in [0, 0.05) is 39.3 Å². The second-order valence-corrected chi connectivity index (χ2v) is 7.24. The molecule has 0 aromatic heterocycles. The molecule has 1 heterocycles. The molecule has 0 spiro atoms. The molecule has 1 aliphatic heterocycles. The van der Waals surface area contributed by atoms with Gasteiger partial charge in [0.1, 0.15) is 5.60 Å². The van der Waals surface area contributed by atoms with Gasteiger partial charge in [0.2, 0.25) is 0 Å². The summed E-state index contributed by atoms with van der Waals surface area (Å²) in [6.45, 7) is 12.0. The van der Waals surface area contributed by atoms with Crippen molar-refractivity contribution in [3.8, 4) is 0 Å². The van der Waals surface area contributed by atoms with Crippen molar-refractivity contribution in [3.63, 3.8) is 0 Å². The van der Waals surface area contributed by atoms with E-state index in [9.17, 15) is 4.79 Å². The first-order valence-corrected chi connectivity index (χ1v) is 8.97. The number of rotatable bonds is 6. The second-order valence-electron chi connectivity index (χ2n) is 7.24. The van der Waals surface area contributed by atoms with Crippen molar-refractivity contribution in [1.29, 1.82) is 0 Å². The molecule has 0 saturated carbocycles. The van der Waals surface area contributed by atoms with Crippen LogP contribution in [0.2, 0.25) is 0 Å². The highest BCUT2D eigenvalue weighted by Crippen LogP contribution is 2.15. The normalized spacial score (nSPS) is 18.9. The molecule has 1 amide bonds. The van der Waals surface area contributed by atoms with E-state index in [1.54, 1.807) is 7.05 Å². The summed E-state index contributed by atoms with van der Waals surface area (Å²) in [5, 5.41) is 9.22. The maximum Gasteiger partial charge on any atom is 0.407 e. The Kier molecular flexibility index (Phi) is 12.2. The summed E-state index contributed by atoms with van der Waals surface area (Å²) < 4.78 is 5.18. The van der Waals surface area contributed by atoms with Crippen LogP contribution in [0.15, 0.2) is 4.99 Å². The zero-order valence-electron chi connectivity index (χ0n) is 16.4. The number of hydrogen-bond acceptors (Lipinski definition) is 4. The van der Waals surface area contributed by atoms with Gasteiger partial charge in [-0.2, -0.15) is 0 Å². The van der Waals surface area contributed by atoms with Gasteiger partial charge in [-0.1, -0.05) is 6.42 Å². The molecule has 1 saturated heterocycles. The van der Waals surface area contributed by atoms with Gasteiger partial charge in [-0.05, 0) is 47.1 Å². The SMILES string of the molecule is CN=C(NCCNC(=O)OC(C)(C)C)NCCN1CCCCC1C.I. The molecule has 1 fully saturated rings. The predicted octanol–water partition coefficient (Wildman–Crippen LogP) is 2.17. The number of amides is 1. The van der Waals surface area contributed by atoms with E-state index < -0.39 is 11.7 Å². The van der Waals surface area contributed by atoms with Crippen LogP contribution in [0.1, 0.15) is 47.0 Å². The Morgan fingerprint density at radius 2 is 1.80 bits per heavy atom. The molecule has 0 radical (unpaired) electrons. The molecule has 1 unspecified atom stereocenters. The van der Waals surface area contributed by atoms with E-state index in [0.717, 1.165) is 19.0 Å². The van der Waals surface area contributed by atoms with Gasteiger partial charge >= 0.3 is 6.09 Å². The standard InChI is InChI=1S/C17H35N5O2.HI/c1-14-8-6-7-12-22(14)13-11-20-15(18-5)19-9-10-21-16(23)24-17(2,3)4;/h14H,6-13H2,1-5H3,(H,21,23)(H2,18,19,20);1H. The van der Waals surface area contributed by atoms with Crippen molar-refractivity contribution >= 4 is 36.0 Å². The fraction of sp³-hybridized carbons (Fsp3) is 0.882. The fourth-order valence-corrected chi connectivity index (χ4v) is 2.69. The summed E-state index contributed by atoms with van der Waals surface area (Å²) >= 11 is 0. The molecule has 1 rings (SSSR count). The number of carbonyl (C=O) groups is 1. The third kappa shape index (κ3) is 11.5. The van der Waals surface area contributed by atoms with Crippen molar-refractivity contribution in [1.82, 2.24) is 20.9 Å². The highest BCUT2D eigenvalue weighted by atomic mass is 127. The van der Waals surface area contributed by atoms with Crippen LogP contribution in [0.5, 0.6) is 0 Å². The van der Waals surface area contributed by atoms with Crippen LogP contribution in [0.3, 0.4) is 0 Å². The van der Waals surface area contributed by atoms with Gasteiger partial charge in [0.15, 0.2) is 5.96 Å². The van der Waals surface area contributed by atoms with Crippen LogP contribution in [0.4, 0.5) is 4.79 Å². The summed E-state index contributed by atoms with van der Waals surface area (Å²) in [6, 6.07) is 0.675. The first kappa shape index (κ1) is 24.2. The first-order chi connectivity index (χ1) is 11.3. The molecule has 7 nitrogen and oxygen atoms in total. The first-order valence-electron chi connectivity index (χ1n) is 8.97. The van der Waals surface area contributed by atoms with Crippen LogP contribution in [0, 0.1) is 0 Å². The van der Waals surface area contributed by atoms with Crippen molar-refractivity contribution in [2.75, 3.05) is 39.8 Å². The second kappa shape index (κ2) is 12.6. The molecule has 0 aromatic rings. The Morgan fingerprint density at radius 3 is 2.40 bits per heavy atom. The maximum atomic E-state index is 11.5. The molecular formula is C17H36IN5O2. The van der Waals surface area contributed by atoms with Crippen molar-refractivity contribution < 1.29 is 9.53 Å². The molecule has 1 atom stereocenters. The Bertz CT molecular complexity index is 412. The molecule has 25 heavy (non-hydrogen) atoms. The highest BCUT2D eigenvalue weighted by molar-refractivity contribution is 14.0. The zero-order valence-corrected chi connectivity index (χ0v) is 18.7. The molecule has 0 aliphatic carbocycles. The maximum absolute atomic E-state index is 11.5. The van der Waals surface area contributed by atoms with E-state index >= 15 is 0 Å². The van der Waals surface area contributed by atoms with Crippen LogP contribution in [-0.2, 0) is 4.74 Å². The number of guanidine groups is 1. The number of nitrogens with one attached hydrogen (secondary N) is 3. The Morgan fingerprint density at radius 1 is 1.16 bits per heavy atom. The zero-order chi connectivity index (χ0) is 18.0. The molecule has 3 N–H and O–H groups in total. The smallest absolute Gasteiger partial charge is 0.407 e. The van der Waals surface area contributed by atoms with E-state index in [2.05, 4.69) is 32.8 Å². The summed E-state index contributed by atoms with van der Waals surface area (Å²) in [6.07, 6.45) is 3.54. The lowest BCUT2D eigenvalue weighted by Gasteiger charge is -2.33. The van der Waals surface area contributed by atoms with Gasteiger partial charge in [0.25, 0.3) is 0 Å². The summed E-state index contributed by atoms with van der Waals surface area (Å²) in [7, 11) is 1.75. The molecule has 0 aromatic carbocycles. The minimum atomic E-state index is -0.472. The van der Waals surface area contributed by atoms with E-state index in [4.69, 9.17) is 4.74 Å². The van der Waals surface area contributed by atoms with Crippen LogP contribution >= 0.6 is 24.0 Å². The number of alkyl carbamates (subject to hydrolysis) is 1. The van der Waals surface area contributed by atoms with Gasteiger partial charge < -0.3 is 20.7 Å². The number of piperidine rings is 1. The minimum absolute atomic E-state index is 0. The van der Waals surface area contributed by atoms with Gasteiger partial charge in [-0.3, -0.25) is 9.89 Å². The Hall–Kier alpha value is -0.770. The van der Waals surface area contributed by atoms with E-state index in [0.29, 0.717) is 19.1 Å². The molecule has 0 bridgehead atoms. The number of nitrogens with zero attached hydrogens (tertiary/aromatic N) is 2. The van der Waals surface area contributed by atoms with Crippen LogP contribution in [-0.4, -0.2) is 68.4 Å². The van der Waals surface area contributed by atoms with E-state index in [-0.39, 0.29) is 24.0 Å². The molecule has 1 aliphatic rings. The third-order valence-electron chi connectivity index (χ3n) is 3.94. The minimum Gasteiger partial charge on any atom is -0.444 e. The molecule has 8 heteroatoms. The largest absolute Gasteiger partial charge is 0.444 e.